The lowest BCUT2D eigenvalue weighted by Crippen LogP contribution is -2.38. The van der Waals surface area contributed by atoms with Crippen LogP contribution in [-0.4, -0.2) is 24.3 Å². The van der Waals surface area contributed by atoms with Gasteiger partial charge in [0.25, 0.3) is 0 Å². The van der Waals surface area contributed by atoms with Gasteiger partial charge in [-0.15, -0.1) is 0 Å². The molecule has 4 heteroatoms. The first-order valence-electron chi connectivity index (χ1n) is 4.71. The van der Waals surface area contributed by atoms with Crippen molar-refractivity contribution in [3.05, 3.63) is 23.9 Å². The standard InChI is InChI=1S/C10H14N2O2/c1-7(11)8-2-3-10(12-4-8)14-9-5-13-6-9/h2-4,7,9H,5-6,11H2,1H3/t7-/m1/s1. The third kappa shape index (κ3) is 2.02. The Hall–Kier alpha value is -1.13. The van der Waals surface area contributed by atoms with Gasteiger partial charge in [-0.25, -0.2) is 4.98 Å². The van der Waals surface area contributed by atoms with Gasteiger partial charge in [0.15, 0.2) is 0 Å². The second-order valence-electron chi connectivity index (χ2n) is 3.50. The second kappa shape index (κ2) is 3.94. The van der Waals surface area contributed by atoms with Crippen LogP contribution in [-0.2, 0) is 4.74 Å². The summed E-state index contributed by atoms with van der Waals surface area (Å²) in [5.74, 6) is 0.641. The summed E-state index contributed by atoms with van der Waals surface area (Å²) in [6.07, 6.45) is 1.92. The predicted octanol–water partition coefficient (Wildman–Crippen LogP) is 0.879. The highest BCUT2D eigenvalue weighted by molar-refractivity contribution is 5.20. The van der Waals surface area contributed by atoms with Crippen LogP contribution in [0.15, 0.2) is 18.3 Å². The van der Waals surface area contributed by atoms with Crippen LogP contribution >= 0.6 is 0 Å². The molecule has 0 spiro atoms. The highest BCUT2D eigenvalue weighted by Crippen LogP contribution is 2.15. The van der Waals surface area contributed by atoms with E-state index in [1.165, 1.54) is 0 Å². The molecule has 1 atom stereocenters. The molecule has 14 heavy (non-hydrogen) atoms. The van der Waals surface area contributed by atoms with Crippen molar-refractivity contribution in [3.8, 4) is 5.88 Å². The van der Waals surface area contributed by atoms with Crippen molar-refractivity contribution in [2.24, 2.45) is 5.73 Å². The molecular formula is C10H14N2O2. The van der Waals surface area contributed by atoms with Gasteiger partial charge in [0.05, 0.1) is 13.2 Å². The van der Waals surface area contributed by atoms with Gasteiger partial charge < -0.3 is 15.2 Å². The Kier molecular flexibility index (Phi) is 2.65. The Balaban J connectivity index is 1.98. The lowest BCUT2D eigenvalue weighted by Gasteiger charge is -2.26. The molecule has 1 fully saturated rings. The van der Waals surface area contributed by atoms with Gasteiger partial charge in [-0.2, -0.15) is 0 Å². The van der Waals surface area contributed by atoms with E-state index in [0.29, 0.717) is 19.1 Å². The van der Waals surface area contributed by atoms with Crippen molar-refractivity contribution < 1.29 is 9.47 Å². The molecule has 1 saturated heterocycles. The fourth-order valence-electron chi connectivity index (χ4n) is 1.18. The first-order valence-corrected chi connectivity index (χ1v) is 4.71. The van der Waals surface area contributed by atoms with E-state index in [1.807, 2.05) is 19.1 Å². The molecule has 4 nitrogen and oxygen atoms in total. The van der Waals surface area contributed by atoms with Gasteiger partial charge in [-0.3, -0.25) is 0 Å². The van der Waals surface area contributed by atoms with Crippen molar-refractivity contribution in [2.45, 2.75) is 19.1 Å². The molecule has 1 aliphatic rings. The van der Waals surface area contributed by atoms with Crippen molar-refractivity contribution in [3.63, 3.8) is 0 Å². The topological polar surface area (TPSA) is 57.4 Å². The van der Waals surface area contributed by atoms with Crippen LogP contribution in [0.4, 0.5) is 0 Å². The fourth-order valence-corrected chi connectivity index (χ4v) is 1.18. The minimum Gasteiger partial charge on any atom is -0.469 e. The Morgan fingerprint density at radius 3 is 2.79 bits per heavy atom. The minimum atomic E-state index is 0.0172. The van der Waals surface area contributed by atoms with E-state index in [-0.39, 0.29) is 12.1 Å². The van der Waals surface area contributed by atoms with Crippen LogP contribution < -0.4 is 10.5 Å². The largest absolute Gasteiger partial charge is 0.469 e. The van der Waals surface area contributed by atoms with Gasteiger partial charge in [-0.05, 0) is 12.5 Å². The quantitative estimate of drug-likeness (QED) is 0.776. The summed E-state index contributed by atoms with van der Waals surface area (Å²) in [5, 5.41) is 0. The normalized spacial score (nSPS) is 18.7. The molecule has 0 unspecified atom stereocenters. The van der Waals surface area contributed by atoms with Crippen LogP contribution in [0.2, 0.25) is 0 Å². The van der Waals surface area contributed by atoms with Crippen LogP contribution in [0.5, 0.6) is 5.88 Å². The lowest BCUT2D eigenvalue weighted by atomic mass is 10.2. The van der Waals surface area contributed by atoms with Gasteiger partial charge >= 0.3 is 0 Å². The monoisotopic (exact) mass is 194 g/mol. The van der Waals surface area contributed by atoms with Crippen LogP contribution in [0.25, 0.3) is 0 Å². The van der Waals surface area contributed by atoms with Crippen molar-refractivity contribution in [1.29, 1.82) is 0 Å². The second-order valence-corrected chi connectivity index (χ2v) is 3.50. The Bertz CT molecular complexity index is 293. The Labute approximate surface area is 83.0 Å². The molecule has 0 amide bonds. The van der Waals surface area contributed by atoms with E-state index >= 15 is 0 Å². The number of aromatic nitrogens is 1. The number of hydrogen-bond acceptors (Lipinski definition) is 4. The molecule has 1 aromatic heterocycles. The zero-order valence-electron chi connectivity index (χ0n) is 8.14. The van der Waals surface area contributed by atoms with Crippen LogP contribution in [0.1, 0.15) is 18.5 Å². The number of pyridine rings is 1. The van der Waals surface area contributed by atoms with Gasteiger partial charge in [0.2, 0.25) is 5.88 Å². The van der Waals surface area contributed by atoms with Crippen LogP contribution in [0, 0.1) is 0 Å². The average Bonchev–Trinajstić information content (AvgIpc) is 2.12. The molecule has 2 N–H and O–H groups in total. The number of nitrogens with zero attached hydrogens (tertiary/aromatic N) is 1. The average molecular weight is 194 g/mol. The van der Waals surface area contributed by atoms with Gasteiger partial charge in [0, 0.05) is 18.3 Å². The summed E-state index contributed by atoms with van der Waals surface area (Å²) in [4.78, 5) is 4.16. The Morgan fingerprint density at radius 2 is 2.36 bits per heavy atom. The zero-order valence-corrected chi connectivity index (χ0v) is 8.14. The molecule has 0 saturated carbocycles. The first kappa shape index (κ1) is 9.43. The summed E-state index contributed by atoms with van der Waals surface area (Å²) >= 11 is 0. The van der Waals surface area contributed by atoms with Crippen molar-refractivity contribution in [2.75, 3.05) is 13.2 Å². The minimum absolute atomic E-state index is 0.0172. The molecular weight excluding hydrogens is 180 g/mol. The fraction of sp³-hybridized carbons (Fsp3) is 0.500. The molecule has 0 radical (unpaired) electrons. The number of nitrogens with two attached hydrogens (primary N) is 1. The predicted molar refractivity (Wildman–Crippen MR) is 52.1 cm³/mol. The third-order valence-corrected chi connectivity index (χ3v) is 2.18. The number of ether oxygens (including phenoxy) is 2. The van der Waals surface area contributed by atoms with Crippen molar-refractivity contribution >= 4 is 0 Å². The zero-order chi connectivity index (χ0) is 9.97. The summed E-state index contributed by atoms with van der Waals surface area (Å²) in [6.45, 7) is 3.25. The molecule has 2 heterocycles. The SMILES string of the molecule is C[C@@H](N)c1ccc(OC2COC2)nc1. The maximum absolute atomic E-state index is 5.70. The maximum Gasteiger partial charge on any atom is 0.213 e. The lowest BCUT2D eigenvalue weighted by molar-refractivity contribution is -0.0813. The van der Waals surface area contributed by atoms with E-state index in [9.17, 15) is 0 Å². The molecule has 1 aliphatic heterocycles. The first-order chi connectivity index (χ1) is 6.75. The molecule has 0 bridgehead atoms. The molecule has 0 aliphatic carbocycles. The summed E-state index contributed by atoms with van der Waals surface area (Å²) in [6, 6.07) is 3.80. The van der Waals surface area contributed by atoms with E-state index in [1.54, 1.807) is 6.20 Å². The molecule has 2 rings (SSSR count). The molecule has 0 aromatic carbocycles. The van der Waals surface area contributed by atoms with Crippen LogP contribution in [0.3, 0.4) is 0 Å². The van der Waals surface area contributed by atoms with E-state index < -0.39 is 0 Å². The van der Waals surface area contributed by atoms with E-state index in [0.717, 1.165) is 5.56 Å². The summed E-state index contributed by atoms with van der Waals surface area (Å²) in [5.41, 5.74) is 6.72. The summed E-state index contributed by atoms with van der Waals surface area (Å²) in [7, 11) is 0. The smallest absolute Gasteiger partial charge is 0.213 e. The molecule has 76 valence electrons. The van der Waals surface area contributed by atoms with Crippen molar-refractivity contribution in [1.82, 2.24) is 4.98 Å². The highest BCUT2D eigenvalue weighted by Gasteiger charge is 2.20. The third-order valence-electron chi connectivity index (χ3n) is 2.18. The number of hydrogen-bond donors (Lipinski definition) is 1. The van der Waals surface area contributed by atoms with Gasteiger partial charge in [-0.1, -0.05) is 6.07 Å². The molecule has 1 aromatic rings. The maximum atomic E-state index is 5.70. The highest BCUT2D eigenvalue weighted by atomic mass is 16.6. The van der Waals surface area contributed by atoms with Gasteiger partial charge in [0.1, 0.15) is 6.10 Å². The van der Waals surface area contributed by atoms with E-state index in [4.69, 9.17) is 15.2 Å². The van der Waals surface area contributed by atoms with E-state index in [2.05, 4.69) is 4.98 Å². The number of rotatable bonds is 3. The Morgan fingerprint density at radius 1 is 1.57 bits per heavy atom. The summed E-state index contributed by atoms with van der Waals surface area (Å²) < 4.78 is 10.5.